The summed E-state index contributed by atoms with van der Waals surface area (Å²) in [6, 6.07) is 17.3. The van der Waals surface area contributed by atoms with E-state index < -0.39 is 0 Å². The number of hydrogen-bond acceptors (Lipinski definition) is 2. The lowest BCUT2D eigenvalue weighted by atomic mass is 9.88. The Kier molecular flexibility index (Phi) is 3.26. The minimum Gasteiger partial charge on any atom is -0.496 e. The van der Waals surface area contributed by atoms with Crippen molar-refractivity contribution in [2.24, 2.45) is 0 Å². The van der Waals surface area contributed by atoms with Crippen molar-refractivity contribution in [3.63, 3.8) is 0 Å². The Bertz CT molecular complexity index is 550. The summed E-state index contributed by atoms with van der Waals surface area (Å²) in [7, 11) is 3.94. The average molecular weight is 253 g/mol. The lowest BCUT2D eigenvalue weighted by molar-refractivity contribution is 0.257. The van der Waals surface area contributed by atoms with Gasteiger partial charge >= 0.3 is 0 Å². The molecule has 0 bridgehead atoms. The molecule has 0 aromatic heterocycles. The van der Waals surface area contributed by atoms with Gasteiger partial charge in [-0.3, -0.25) is 4.90 Å². The first-order valence-electron chi connectivity index (χ1n) is 6.72. The van der Waals surface area contributed by atoms with Crippen LogP contribution in [0.3, 0.4) is 0 Å². The molecule has 1 atom stereocenters. The molecular formula is C17H19NO. The molecular weight excluding hydrogens is 234 g/mol. The zero-order chi connectivity index (χ0) is 13.2. The maximum absolute atomic E-state index is 5.59. The lowest BCUT2D eigenvalue weighted by Gasteiger charge is -2.35. The van der Waals surface area contributed by atoms with E-state index in [4.69, 9.17) is 4.74 Å². The third-order valence-corrected chi connectivity index (χ3v) is 3.94. The van der Waals surface area contributed by atoms with Crippen LogP contribution in [0.1, 0.15) is 22.7 Å². The molecule has 19 heavy (non-hydrogen) atoms. The van der Waals surface area contributed by atoms with Crippen LogP contribution in [0.2, 0.25) is 0 Å². The standard InChI is InChI=1S/C17H19NO/c1-18-12-11-13-9-6-10-15(19-2)16(13)17(18)14-7-4-3-5-8-14/h3-10,17H,11-12H2,1-2H3. The van der Waals surface area contributed by atoms with Crippen LogP contribution >= 0.6 is 0 Å². The smallest absolute Gasteiger partial charge is 0.124 e. The Morgan fingerprint density at radius 2 is 1.84 bits per heavy atom. The zero-order valence-electron chi connectivity index (χ0n) is 11.5. The molecule has 0 spiro atoms. The van der Waals surface area contributed by atoms with Gasteiger partial charge in [0.25, 0.3) is 0 Å². The molecule has 98 valence electrons. The Hall–Kier alpha value is -1.80. The highest BCUT2D eigenvalue weighted by molar-refractivity contribution is 5.48. The van der Waals surface area contributed by atoms with Crippen molar-refractivity contribution in [2.45, 2.75) is 12.5 Å². The fraction of sp³-hybridized carbons (Fsp3) is 0.294. The molecule has 0 radical (unpaired) electrons. The molecule has 1 aliphatic rings. The quantitative estimate of drug-likeness (QED) is 0.814. The van der Waals surface area contributed by atoms with Gasteiger partial charge in [0, 0.05) is 12.1 Å². The second-order valence-electron chi connectivity index (χ2n) is 5.08. The maximum atomic E-state index is 5.59. The van der Waals surface area contributed by atoms with Crippen molar-refractivity contribution < 1.29 is 4.74 Å². The summed E-state index contributed by atoms with van der Waals surface area (Å²) in [5.41, 5.74) is 4.06. The molecule has 0 saturated carbocycles. The molecule has 2 nitrogen and oxygen atoms in total. The number of fused-ring (bicyclic) bond motifs is 1. The van der Waals surface area contributed by atoms with Gasteiger partial charge in [-0.25, -0.2) is 0 Å². The SMILES string of the molecule is COc1cccc2c1C(c1ccccc1)N(C)CC2. The molecule has 0 aliphatic carbocycles. The first-order valence-corrected chi connectivity index (χ1v) is 6.72. The van der Waals surface area contributed by atoms with Gasteiger partial charge in [0.1, 0.15) is 5.75 Å². The van der Waals surface area contributed by atoms with Gasteiger partial charge in [-0.15, -0.1) is 0 Å². The van der Waals surface area contributed by atoms with Crippen LogP contribution < -0.4 is 4.74 Å². The van der Waals surface area contributed by atoms with Crippen LogP contribution in [0.15, 0.2) is 48.5 Å². The molecule has 0 saturated heterocycles. The topological polar surface area (TPSA) is 12.5 Å². The Labute approximate surface area is 114 Å². The van der Waals surface area contributed by atoms with E-state index in [1.165, 1.54) is 16.7 Å². The van der Waals surface area contributed by atoms with Gasteiger partial charge < -0.3 is 4.74 Å². The Morgan fingerprint density at radius 3 is 2.58 bits per heavy atom. The maximum Gasteiger partial charge on any atom is 0.124 e. The highest BCUT2D eigenvalue weighted by atomic mass is 16.5. The number of methoxy groups -OCH3 is 1. The molecule has 1 unspecified atom stereocenters. The second kappa shape index (κ2) is 5.06. The van der Waals surface area contributed by atoms with E-state index in [1.807, 2.05) is 0 Å². The van der Waals surface area contributed by atoms with E-state index in [-0.39, 0.29) is 0 Å². The van der Waals surface area contributed by atoms with Crippen molar-refractivity contribution in [3.05, 3.63) is 65.2 Å². The first kappa shape index (κ1) is 12.2. The molecule has 2 aromatic carbocycles. The number of ether oxygens (including phenoxy) is 1. The van der Waals surface area contributed by atoms with Crippen molar-refractivity contribution in [2.75, 3.05) is 20.7 Å². The minimum atomic E-state index is 0.293. The summed E-state index contributed by atoms with van der Waals surface area (Å²) in [4.78, 5) is 2.40. The van der Waals surface area contributed by atoms with Crippen LogP contribution in [0, 0.1) is 0 Å². The number of benzene rings is 2. The fourth-order valence-electron chi connectivity index (χ4n) is 3.00. The normalized spacial score (nSPS) is 18.9. The zero-order valence-corrected chi connectivity index (χ0v) is 11.5. The highest BCUT2D eigenvalue weighted by Crippen LogP contribution is 2.39. The third kappa shape index (κ3) is 2.13. The largest absolute Gasteiger partial charge is 0.496 e. The predicted octanol–water partition coefficient (Wildman–Crippen LogP) is 3.27. The first-order chi connectivity index (χ1) is 9.31. The van der Waals surface area contributed by atoms with Crippen LogP contribution in [0.4, 0.5) is 0 Å². The molecule has 1 aliphatic heterocycles. The van der Waals surface area contributed by atoms with Gasteiger partial charge in [0.15, 0.2) is 0 Å². The van der Waals surface area contributed by atoms with Crippen LogP contribution in [-0.2, 0) is 6.42 Å². The van der Waals surface area contributed by atoms with E-state index in [1.54, 1.807) is 7.11 Å². The third-order valence-electron chi connectivity index (χ3n) is 3.94. The van der Waals surface area contributed by atoms with Gasteiger partial charge in [-0.2, -0.15) is 0 Å². The number of rotatable bonds is 2. The molecule has 0 amide bonds. The molecule has 2 aromatic rings. The summed E-state index contributed by atoms with van der Waals surface area (Å²) in [5, 5.41) is 0. The van der Waals surface area contributed by atoms with Crippen molar-refractivity contribution >= 4 is 0 Å². The van der Waals surface area contributed by atoms with Gasteiger partial charge in [-0.1, -0.05) is 42.5 Å². The van der Waals surface area contributed by atoms with E-state index in [2.05, 4.69) is 60.5 Å². The minimum absolute atomic E-state index is 0.293. The average Bonchev–Trinajstić information content (AvgIpc) is 2.47. The fourth-order valence-corrected chi connectivity index (χ4v) is 3.00. The van der Waals surface area contributed by atoms with Gasteiger partial charge in [0.2, 0.25) is 0 Å². The molecule has 1 heterocycles. The number of hydrogen-bond donors (Lipinski definition) is 0. The van der Waals surface area contributed by atoms with Crippen LogP contribution in [0.25, 0.3) is 0 Å². The van der Waals surface area contributed by atoms with E-state index in [0.29, 0.717) is 6.04 Å². The summed E-state index contributed by atoms with van der Waals surface area (Å²) >= 11 is 0. The summed E-state index contributed by atoms with van der Waals surface area (Å²) in [6.45, 7) is 1.08. The second-order valence-corrected chi connectivity index (χ2v) is 5.08. The van der Waals surface area contributed by atoms with Crippen molar-refractivity contribution in [3.8, 4) is 5.75 Å². The highest BCUT2D eigenvalue weighted by Gasteiger charge is 2.28. The Morgan fingerprint density at radius 1 is 1.05 bits per heavy atom. The van der Waals surface area contributed by atoms with Crippen LogP contribution in [0.5, 0.6) is 5.75 Å². The van der Waals surface area contributed by atoms with Crippen molar-refractivity contribution in [1.29, 1.82) is 0 Å². The van der Waals surface area contributed by atoms with Crippen molar-refractivity contribution in [1.82, 2.24) is 4.90 Å². The van der Waals surface area contributed by atoms with Crippen LogP contribution in [-0.4, -0.2) is 25.6 Å². The number of nitrogens with zero attached hydrogens (tertiary/aromatic N) is 1. The number of likely N-dealkylation sites (N-methyl/N-ethyl adjacent to an activating group) is 1. The summed E-state index contributed by atoms with van der Waals surface area (Å²) in [6.07, 6.45) is 1.09. The molecule has 2 heteroatoms. The molecule has 0 N–H and O–H groups in total. The molecule has 3 rings (SSSR count). The summed E-state index contributed by atoms with van der Waals surface area (Å²) in [5.74, 6) is 0.998. The predicted molar refractivity (Wildman–Crippen MR) is 77.6 cm³/mol. The molecule has 0 fully saturated rings. The van der Waals surface area contributed by atoms with E-state index in [0.717, 1.165) is 18.7 Å². The lowest BCUT2D eigenvalue weighted by Crippen LogP contribution is -2.33. The monoisotopic (exact) mass is 253 g/mol. The summed E-state index contributed by atoms with van der Waals surface area (Å²) < 4.78 is 5.59. The van der Waals surface area contributed by atoms with Gasteiger partial charge in [-0.05, 0) is 30.7 Å². The Balaban J connectivity index is 2.16. The van der Waals surface area contributed by atoms with E-state index in [9.17, 15) is 0 Å². The van der Waals surface area contributed by atoms with Gasteiger partial charge in [0.05, 0.1) is 13.2 Å². The van der Waals surface area contributed by atoms with E-state index >= 15 is 0 Å².